The molecule has 18 heavy (non-hydrogen) atoms. The van der Waals surface area contributed by atoms with Crippen LogP contribution in [0.3, 0.4) is 0 Å². The molecular formula is C12H25N5O. The minimum absolute atomic E-state index is 0.297. The van der Waals surface area contributed by atoms with Crippen molar-refractivity contribution >= 4 is 5.91 Å². The van der Waals surface area contributed by atoms with E-state index in [0.29, 0.717) is 31.8 Å². The zero-order chi connectivity index (χ0) is 14.0. The number of azide groups is 1. The minimum Gasteiger partial charge on any atom is -0.368 e. The van der Waals surface area contributed by atoms with E-state index < -0.39 is 5.54 Å². The average molecular weight is 255 g/mol. The van der Waals surface area contributed by atoms with Gasteiger partial charge in [-0.05, 0) is 37.3 Å². The monoisotopic (exact) mass is 255 g/mol. The van der Waals surface area contributed by atoms with Crippen LogP contribution >= 0.6 is 0 Å². The normalized spacial score (nSPS) is 15.5. The molecule has 6 heteroatoms. The van der Waals surface area contributed by atoms with Gasteiger partial charge in [-0.3, -0.25) is 4.79 Å². The quantitative estimate of drug-likeness (QED) is 0.271. The molecule has 0 aromatic heterocycles. The molecule has 104 valence electrons. The first kappa shape index (κ1) is 16.7. The maximum absolute atomic E-state index is 11.7. The van der Waals surface area contributed by atoms with E-state index in [1.165, 1.54) is 0 Å². The largest absolute Gasteiger partial charge is 0.368 e. The maximum atomic E-state index is 11.7. The van der Waals surface area contributed by atoms with Crippen LogP contribution < -0.4 is 11.1 Å². The Balaban J connectivity index is 4.46. The summed E-state index contributed by atoms with van der Waals surface area (Å²) in [6.45, 7) is 7.26. The van der Waals surface area contributed by atoms with E-state index in [2.05, 4.69) is 29.2 Å². The van der Waals surface area contributed by atoms with Gasteiger partial charge in [0.15, 0.2) is 0 Å². The summed E-state index contributed by atoms with van der Waals surface area (Å²) in [7, 11) is 0. The van der Waals surface area contributed by atoms with Crippen LogP contribution in [0.1, 0.15) is 46.5 Å². The van der Waals surface area contributed by atoms with Crippen molar-refractivity contribution in [1.29, 1.82) is 0 Å². The highest BCUT2D eigenvalue weighted by Gasteiger charge is 2.34. The number of carbonyl (C=O) groups excluding carboxylic acids is 1. The lowest BCUT2D eigenvalue weighted by molar-refractivity contribution is -0.125. The van der Waals surface area contributed by atoms with Gasteiger partial charge in [0.25, 0.3) is 0 Å². The number of nitrogens with two attached hydrogens (primary N) is 1. The van der Waals surface area contributed by atoms with Gasteiger partial charge in [-0.2, -0.15) is 0 Å². The highest BCUT2D eigenvalue weighted by molar-refractivity contribution is 5.84. The highest BCUT2D eigenvalue weighted by Crippen LogP contribution is 2.22. The van der Waals surface area contributed by atoms with Gasteiger partial charge in [0, 0.05) is 11.5 Å². The van der Waals surface area contributed by atoms with E-state index in [1.54, 1.807) is 0 Å². The third-order valence-corrected chi connectivity index (χ3v) is 3.43. The molecule has 0 rings (SSSR count). The SMILES string of the molecule is CCC(C)CC(CC)(NCCCN=[N+]=[N-])C(N)=O. The van der Waals surface area contributed by atoms with Crippen LogP contribution in [0.2, 0.25) is 0 Å². The second-order valence-electron chi connectivity index (χ2n) is 4.75. The molecule has 0 saturated heterocycles. The van der Waals surface area contributed by atoms with Gasteiger partial charge in [-0.25, -0.2) is 0 Å². The number of carbonyl (C=O) groups is 1. The molecule has 3 N–H and O–H groups in total. The van der Waals surface area contributed by atoms with Gasteiger partial charge in [0.05, 0.1) is 5.54 Å². The Morgan fingerprint density at radius 2 is 2.22 bits per heavy atom. The molecule has 6 nitrogen and oxygen atoms in total. The molecule has 0 fully saturated rings. The van der Waals surface area contributed by atoms with E-state index in [0.717, 1.165) is 12.8 Å². The standard InChI is InChI=1S/C12H25N5O/c1-4-10(3)9-12(5-2,11(13)18)15-7-6-8-16-17-14/h10,15H,4-9H2,1-3H3,(H2,13,18). The Labute approximate surface area is 109 Å². The van der Waals surface area contributed by atoms with E-state index in [-0.39, 0.29) is 5.91 Å². The summed E-state index contributed by atoms with van der Waals surface area (Å²) in [5, 5.41) is 6.71. The number of nitrogens with zero attached hydrogens (tertiary/aromatic N) is 3. The summed E-state index contributed by atoms with van der Waals surface area (Å²) < 4.78 is 0. The molecule has 0 aliphatic carbocycles. The number of nitrogens with one attached hydrogen (secondary N) is 1. The molecule has 0 aliphatic rings. The molecule has 0 aromatic carbocycles. The van der Waals surface area contributed by atoms with Crippen LogP contribution in [0.5, 0.6) is 0 Å². The molecular weight excluding hydrogens is 230 g/mol. The van der Waals surface area contributed by atoms with Crippen molar-refractivity contribution in [1.82, 2.24) is 5.32 Å². The van der Waals surface area contributed by atoms with Crippen LogP contribution in [0.4, 0.5) is 0 Å². The number of rotatable bonds is 10. The lowest BCUT2D eigenvalue weighted by atomic mass is 9.84. The average Bonchev–Trinajstić information content (AvgIpc) is 2.36. The molecule has 2 atom stereocenters. The van der Waals surface area contributed by atoms with Crippen LogP contribution in [0, 0.1) is 5.92 Å². The van der Waals surface area contributed by atoms with Crippen LogP contribution in [0.15, 0.2) is 5.11 Å². The summed E-state index contributed by atoms with van der Waals surface area (Å²) in [4.78, 5) is 14.4. The first-order valence-corrected chi connectivity index (χ1v) is 6.58. The lowest BCUT2D eigenvalue weighted by Gasteiger charge is -2.33. The predicted octanol–water partition coefficient (Wildman–Crippen LogP) is 2.35. The third-order valence-electron chi connectivity index (χ3n) is 3.43. The van der Waals surface area contributed by atoms with E-state index >= 15 is 0 Å². The van der Waals surface area contributed by atoms with Crippen molar-refractivity contribution in [2.75, 3.05) is 13.1 Å². The van der Waals surface area contributed by atoms with Crippen molar-refractivity contribution in [3.8, 4) is 0 Å². The molecule has 0 aliphatic heterocycles. The first-order chi connectivity index (χ1) is 8.52. The Bertz CT molecular complexity index is 301. The Morgan fingerprint density at radius 1 is 1.56 bits per heavy atom. The van der Waals surface area contributed by atoms with Crippen molar-refractivity contribution in [2.45, 2.75) is 52.0 Å². The molecule has 0 aromatic rings. The Hall–Kier alpha value is -1.26. The fourth-order valence-electron chi connectivity index (χ4n) is 1.96. The topological polar surface area (TPSA) is 104 Å². The Kier molecular flexibility index (Phi) is 8.16. The second-order valence-corrected chi connectivity index (χ2v) is 4.75. The van der Waals surface area contributed by atoms with E-state index in [1.807, 2.05) is 6.92 Å². The van der Waals surface area contributed by atoms with Crippen molar-refractivity contribution in [3.63, 3.8) is 0 Å². The minimum atomic E-state index is -0.633. The molecule has 1 amide bonds. The summed E-state index contributed by atoms with van der Waals surface area (Å²) in [5.41, 5.74) is 13.1. The van der Waals surface area contributed by atoms with E-state index in [4.69, 9.17) is 11.3 Å². The van der Waals surface area contributed by atoms with E-state index in [9.17, 15) is 4.79 Å². The number of amides is 1. The summed E-state index contributed by atoms with van der Waals surface area (Å²) in [5.74, 6) is 0.149. The zero-order valence-corrected chi connectivity index (χ0v) is 11.6. The van der Waals surface area contributed by atoms with Crippen molar-refractivity contribution in [3.05, 3.63) is 10.4 Å². The van der Waals surface area contributed by atoms with Gasteiger partial charge >= 0.3 is 0 Å². The lowest BCUT2D eigenvalue weighted by Crippen LogP contribution is -2.56. The van der Waals surface area contributed by atoms with Gasteiger partial charge in [0.2, 0.25) is 5.91 Å². The smallest absolute Gasteiger partial charge is 0.237 e. The summed E-state index contributed by atoms with van der Waals surface area (Å²) >= 11 is 0. The molecule has 0 spiro atoms. The van der Waals surface area contributed by atoms with Crippen molar-refractivity contribution in [2.24, 2.45) is 16.8 Å². The fraction of sp³-hybridized carbons (Fsp3) is 0.917. The maximum Gasteiger partial charge on any atom is 0.237 e. The third kappa shape index (κ3) is 5.38. The number of hydrogen-bond acceptors (Lipinski definition) is 3. The molecule has 0 saturated carbocycles. The van der Waals surface area contributed by atoms with Gasteiger partial charge in [-0.15, -0.1) is 0 Å². The number of primary amides is 1. The van der Waals surface area contributed by atoms with Crippen LogP contribution in [-0.4, -0.2) is 24.5 Å². The molecule has 0 heterocycles. The molecule has 0 bridgehead atoms. The summed E-state index contributed by atoms with van der Waals surface area (Å²) in [6.07, 6.45) is 3.15. The van der Waals surface area contributed by atoms with Gasteiger partial charge < -0.3 is 11.1 Å². The molecule has 0 radical (unpaired) electrons. The fourth-order valence-corrected chi connectivity index (χ4v) is 1.96. The van der Waals surface area contributed by atoms with Gasteiger partial charge in [-0.1, -0.05) is 32.3 Å². The Morgan fingerprint density at radius 3 is 2.67 bits per heavy atom. The highest BCUT2D eigenvalue weighted by atomic mass is 16.1. The first-order valence-electron chi connectivity index (χ1n) is 6.58. The second kappa shape index (κ2) is 8.78. The predicted molar refractivity (Wildman–Crippen MR) is 72.9 cm³/mol. The summed E-state index contributed by atoms with van der Waals surface area (Å²) in [6, 6.07) is 0. The molecule has 2 unspecified atom stereocenters. The van der Waals surface area contributed by atoms with Gasteiger partial charge in [0.1, 0.15) is 0 Å². The zero-order valence-electron chi connectivity index (χ0n) is 11.6. The van der Waals surface area contributed by atoms with Crippen molar-refractivity contribution < 1.29 is 4.79 Å². The van der Waals surface area contributed by atoms with Crippen LogP contribution in [0.25, 0.3) is 10.4 Å². The number of hydrogen-bond donors (Lipinski definition) is 2. The van der Waals surface area contributed by atoms with Crippen LogP contribution in [-0.2, 0) is 4.79 Å².